The van der Waals surface area contributed by atoms with Gasteiger partial charge in [-0.3, -0.25) is 14.5 Å². The number of oxime groups is 1. The van der Waals surface area contributed by atoms with Crippen LogP contribution in [0.5, 0.6) is 0 Å². The van der Waals surface area contributed by atoms with E-state index in [9.17, 15) is 24.3 Å². The maximum atomic E-state index is 13.1. The standard InChI is InChI=1S/C20H26N6O7S3/c1-6-34-9-7-35-16-11(15(28)26(16)12(9)17(29)30)22-14(27)10(13-23-19(21)36-25-13)24-33-8(2)18(31)32-20(3,4)5/h8,11,16H,6-7H2,1-5H3,(H,22,27)(H,29,30)(H2,21,23,25)/t8?,11?,16-/m0/s1. The van der Waals surface area contributed by atoms with Gasteiger partial charge in [-0.15, -0.1) is 23.5 Å². The van der Waals surface area contributed by atoms with Crippen molar-refractivity contribution in [3.8, 4) is 0 Å². The van der Waals surface area contributed by atoms with Crippen LogP contribution in [0.15, 0.2) is 15.8 Å². The van der Waals surface area contributed by atoms with Crippen LogP contribution >= 0.6 is 35.1 Å². The molecule has 0 aliphatic carbocycles. The first-order valence-electron chi connectivity index (χ1n) is 10.7. The molecule has 4 N–H and O–H groups in total. The van der Waals surface area contributed by atoms with E-state index in [1.807, 2.05) is 6.92 Å². The molecular weight excluding hydrogens is 532 g/mol. The summed E-state index contributed by atoms with van der Waals surface area (Å²) in [5, 5.41) is 15.4. The summed E-state index contributed by atoms with van der Waals surface area (Å²) in [6.07, 6.45) is -1.16. The summed E-state index contributed by atoms with van der Waals surface area (Å²) < 4.78 is 9.20. The highest BCUT2D eigenvalue weighted by molar-refractivity contribution is 8.06. The lowest BCUT2D eigenvalue weighted by Gasteiger charge is -2.49. The first kappa shape index (κ1) is 27.7. The fourth-order valence-corrected chi connectivity index (χ4v) is 6.00. The van der Waals surface area contributed by atoms with Crippen molar-refractivity contribution in [2.24, 2.45) is 5.16 Å². The number of anilines is 1. The number of nitrogens with two attached hydrogens (primary N) is 1. The first-order chi connectivity index (χ1) is 16.8. The van der Waals surface area contributed by atoms with E-state index in [1.165, 1.54) is 35.3 Å². The summed E-state index contributed by atoms with van der Waals surface area (Å²) in [6, 6.07) is -1.01. The van der Waals surface area contributed by atoms with Crippen molar-refractivity contribution in [1.29, 1.82) is 0 Å². The normalized spacial score (nSPS) is 20.9. The minimum atomic E-state index is -1.21. The summed E-state index contributed by atoms with van der Waals surface area (Å²) in [5.74, 6) is -2.43. The zero-order valence-electron chi connectivity index (χ0n) is 20.1. The molecule has 0 spiro atoms. The van der Waals surface area contributed by atoms with Crippen LogP contribution in [0.3, 0.4) is 0 Å². The van der Waals surface area contributed by atoms with Crippen LogP contribution in [0.25, 0.3) is 0 Å². The Morgan fingerprint density at radius 3 is 2.64 bits per heavy atom. The van der Waals surface area contributed by atoms with Gasteiger partial charge in [0.2, 0.25) is 17.6 Å². The number of carbonyl (C=O) groups excluding carboxylic acids is 3. The number of thioether (sulfide) groups is 2. The van der Waals surface area contributed by atoms with Crippen LogP contribution in [0, 0.1) is 0 Å². The van der Waals surface area contributed by atoms with E-state index in [4.69, 9.17) is 15.3 Å². The molecule has 2 amide bonds. The Balaban J connectivity index is 1.78. The minimum Gasteiger partial charge on any atom is -0.477 e. The van der Waals surface area contributed by atoms with Crippen LogP contribution in [0.2, 0.25) is 0 Å². The number of hydrogen-bond acceptors (Lipinski definition) is 13. The molecule has 196 valence electrons. The Morgan fingerprint density at radius 1 is 1.39 bits per heavy atom. The SMILES string of the molecule is CCSC1=C(C(=O)O)N2C(=O)C(NC(=O)C(=NOC(C)C(=O)OC(C)(C)C)c3nsc(N)n3)[C@@H]2SC1. The topological polar surface area (TPSA) is 186 Å². The van der Waals surface area contributed by atoms with E-state index in [1.54, 1.807) is 20.8 Å². The number of nitrogens with zero attached hydrogens (tertiary/aromatic N) is 4. The monoisotopic (exact) mass is 558 g/mol. The van der Waals surface area contributed by atoms with Gasteiger partial charge in [0.1, 0.15) is 22.7 Å². The molecule has 1 saturated heterocycles. The average Bonchev–Trinajstić information content (AvgIpc) is 3.21. The Bertz CT molecular complexity index is 1130. The summed E-state index contributed by atoms with van der Waals surface area (Å²) in [5.41, 5.74) is 4.41. The minimum absolute atomic E-state index is 0.0663. The molecule has 1 aromatic heterocycles. The van der Waals surface area contributed by atoms with E-state index >= 15 is 0 Å². The van der Waals surface area contributed by atoms with E-state index in [-0.39, 0.29) is 16.7 Å². The number of nitrogens with one attached hydrogen (secondary N) is 1. The summed E-state index contributed by atoms with van der Waals surface area (Å²) >= 11 is 3.52. The van der Waals surface area contributed by atoms with Crippen LogP contribution in [-0.2, 0) is 28.8 Å². The van der Waals surface area contributed by atoms with Crippen molar-refractivity contribution in [3.63, 3.8) is 0 Å². The van der Waals surface area contributed by atoms with Gasteiger partial charge in [-0.25, -0.2) is 9.59 Å². The van der Waals surface area contributed by atoms with Crippen molar-refractivity contribution in [2.75, 3.05) is 17.2 Å². The number of ether oxygens (including phenoxy) is 1. The van der Waals surface area contributed by atoms with E-state index < -0.39 is 52.6 Å². The van der Waals surface area contributed by atoms with Crippen molar-refractivity contribution < 1.29 is 33.9 Å². The largest absolute Gasteiger partial charge is 0.477 e. The van der Waals surface area contributed by atoms with Crippen molar-refractivity contribution in [2.45, 2.75) is 57.7 Å². The number of carboxylic acids is 1. The Labute approximate surface area is 219 Å². The van der Waals surface area contributed by atoms with Crippen molar-refractivity contribution >= 4 is 69.7 Å². The predicted octanol–water partition coefficient (Wildman–Crippen LogP) is 1.02. The van der Waals surface area contributed by atoms with Crippen LogP contribution in [-0.4, -0.2) is 83.5 Å². The van der Waals surface area contributed by atoms with Gasteiger partial charge in [0, 0.05) is 22.2 Å². The molecule has 0 bridgehead atoms. The second-order valence-corrected chi connectivity index (χ2v) is 11.8. The first-order valence-corrected chi connectivity index (χ1v) is 13.6. The maximum absolute atomic E-state index is 13.1. The summed E-state index contributed by atoms with van der Waals surface area (Å²) in [4.78, 5) is 60.9. The maximum Gasteiger partial charge on any atom is 0.353 e. The van der Waals surface area contributed by atoms with Crippen LogP contribution in [0.4, 0.5) is 5.13 Å². The number of rotatable bonds is 9. The third-order valence-electron chi connectivity index (χ3n) is 4.65. The number of esters is 1. The van der Waals surface area contributed by atoms with E-state index in [0.29, 0.717) is 16.4 Å². The third kappa shape index (κ3) is 6.10. The van der Waals surface area contributed by atoms with Gasteiger partial charge in [0.15, 0.2) is 5.13 Å². The quantitative estimate of drug-likeness (QED) is 0.169. The summed E-state index contributed by atoms with van der Waals surface area (Å²) in [7, 11) is 0. The fraction of sp³-hybridized carbons (Fsp3) is 0.550. The number of aromatic nitrogens is 2. The second kappa shape index (κ2) is 11.0. The molecule has 0 aromatic carbocycles. The van der Waals surface area contributed by atoms with Gasteiger partial charge >= 0.3 is 11.9 Å². The number of nitrogen functional groups attached to an aromatic ring is 1. The smallest absolute Gasteiger partial charge is 0.353 e. The summed E-state index contributed by atoms with van der Waals surface area (Å²) in [6.45, 7) is 8.37. The lowest BCUT2D eigenvalue weighted by Crippen LogP contribution is -2.71. The lowest BCUT2D eigenvalue weighted by atomic mass is 10.0. The van der Waals surface area contributed by atoms with Crippen LogP contribution in [0.1, 0.15) is 40.4 Å². The fourth-order valence-electron chi connectivity index (χ4n) is 3.16. The molecule has 2 unspecified atom stereocenters. The number of amides is 2. The van der Waals surface area contributed by atoms with Gasteiger partial charge in [-0.1, -0.05) is 12.1 Å². The number of carboxylic acid groups (broad SMARTS) is 1. The molecule has 1 fully saturated rings. The highest BCUT2D eigenvalue weighted by Crippen LogP contribution is 2.43. The van der Waals surface area contributed by atoms with Gasteiger partial charge < -0.3 is 25.7 Å². The molecule has 13 nitrogen and oxygen atoms in total. The molecule has 1 aromatic rings. The Kier molecular flexibility index (Phi) is 8.51. The number of β-lactam (4-membered cyclic amide) rings is 1. The molecular formula is C20H26N6O7S3. The number of hydrogen-bond donors (Lipinski definition) is 3. The average molecular weight is 559 g/mol. The highest BCUT2D eigenvalue weighted by Gasteiger charge is 2.54. The Hall–Kier alpha value is -2.85. The second-order valence-electron chi connectivity index (χ2n) is 8.55. The molecule has 3 heterocycles. The van der Waals surface area contributed by atoms with E-state index in [0.717, 1.165) is 11.5 Å². The van der Waals surface area contributed by atoms with E-state index in [2.05, 4.69) is 19.8 Å². The number of fused-ring (bicyclic) bond motifs is 1. The number of carbonyl (C=O) groups is 4. The van der Waals surface area contributed by atoms with Gasteiger partial charge in [-0.2, -0.15) is 9.36 Å². The zero-order valence-corrected chi connectivity index (χ0v) is 22.6. The molecule has 16 heteroatoms. The molecule has 3 atom stereocenters. The van der Waals surface area contributed by atoms with Crippen molar-refractivity contribution in [3.05, 3.63) is 16.4 Å². The molecule has 36 heavy (non-hydrogen) atoms. The molecule has 2 aliphatic rings. The predicted molar refractivity (Wildman–Crippen MR) is 135 cm³/mol. The molecule has 0 saturated carbocycles. The lowest BCUT2D eigenvalue weighted by molar-refractivity contribution is -0.167. The van der Waals surface area contributed by atoms with Gasteiger partial charge in [0.05, 0.1) is 0 Å². The molecule has 0 radical (unpaired) electrons. The highest BCUT2D eigenvalue weighted by atomic mass is 32.2. The molecule has 2 aliphatic heterocycles. The number of aliphatic carboxylic acids is 1. The van der Waals surface area contributed by atoms with Crippen molar-refractivity contribution in [1.82, 2.24) is 19.6 Å². The van der Waals surface area contributed by atoms with Gasteiger partial charge in [-0.05, 0) is 33.4 Å². The third-order valence-corrected chi connectivity index (χ3v) is 7.63. The van der Waals surface area contributed by atoms with Crippen LogP contribution < -0.4 is 11.1 Å². The Morgan fingerprint density at radius 2 is 2.08 bits per heavy atom. The molecule has 3 rings (SSSR count). The van der Waals surface area contributed by atoms with Gasteiger partial charge in [0.25, 0.3) is 11.8 Å². The zero-order chi connectivity index (χ0) is 26.8.